The normalized spacial score (nSPS) is 22.1. The lowest BCUT2D eigenvalue weighted by molar-refractivity contribution is -0.119. The van der Waals surface area contributed by atoms with Crippen molar-refractivity contribution in [2.24, 2.45) is 0 Å². The first-order chi connectivity index (χ1) is 9.74. The molecule has 1 heterocycles. The number of fused-ring (bicyclic) bond motifs is 1. The smallest absolute Gasteiger partial charge is 0.265 e. The molecule has 21 heavy (non-hydrogen) atoms. The topological polar surface area (TPSA) is 91.2 Å². The number of nitriles is 1. The number of hydrogen-bond acceptors (Lipinski definition) is 4. The highest BCUT2D eigenvalue weighted by Crippen LogP contribution is 2.38. The van der Waals surface area contributed by atoms with Gasteiger partial charge in [-0.05, 0) is 39.0 Å². The van der Waals surface area contributed by atoms with E-state index in [9.17, 15) is 14.3 Å². The highest BCUT2D eigenvalue weighted by atomic mass is 32.2. The van der Waals surface area contributed by atoms with Crippen molar-refractivity contribution in [2.75, 3.05) is 12.4 Å². The van der Waals surface area contributed by atoms with Crippen molar-refractivity contribution in [3.8, 4) is 11.8 Å². The Morgan fingerprint density at radius 1 is 1.43 bits per heavy atom. The number of methoxy groups -OCH3 is 1. The fourth-order valence-corrected chi connectivity index (χ4v) is 2.77. The molecule has 1 amide bonds. The minimum absolute atomic E-state index is 0.423. The second-order valence-corrected chi connectivity index (χ2v) is 7.68. The van der Waals surface area contributed by atoms with Crippen LogP contribution in [0.2, 0.25) is 0 Å². The SMILES string of the molecule is COc1ccc2c(c1)[C@@](C#N)(NS(=O)C(C)(C)C)C(=O)N2. The van der Waals surface area contributed by atoms with Gasteiger partial charge in [0, 0.05) is 11.3 Å². The lowest BCUT2D eigenvalue weighted by atomic mass is 9.94. The van der Waals surface area contributed by atoms with Crippen LogP contribution in [0, 0.1) is 11.3 Å². The number of hydrogen-bond donors (Lipinski definition) is 2. The largest absolute Gasteiger partial charge is 0.497 e. The van der Waals surface area contributed by atoms with E-state index in [1.165, 1.54) is 7.11 Å². The van der Waals surface area contributed by atoms with Gasteiger partial charge in [-0.3, -0.25) is 4.79 Å². The van der Waals surface area contributed by atoms with Crippen molar-refractivity contribution >= 4 is 22.6 Å². The summed E-state index contributed by atoms with van der Waals surface area (Å²) in [6, 6.07) is 6.91. The van der Waals surface area contributed by atoms with E-state index in [4.69, 9.17) is 4.74 Å². The van der Waals surface area contributed by atoms with E-state index in [1.54, 1.807) is 39.0 Å². The van der Waals surface area contributed by atoms with Crippen molar-refractivity contribution in [1.82, 2.24) is 4.72 Å². The molecule has 1 aliphatic rings. The van der Waals surface area contributed by atoms with Gasteiger partial charge in [-0.2, -0.15) is 5.26 Å². The number of anilines is 1. The summed E-state index contributed by atoms with van der Waals surface area (Å²) in [7, 11) is -0.0763. The average molecular weight is 307 g/mol. The standard InChI is InChI=1S/C14H17N3O3S/c1-13(2,3)21(19)17-14(8-15)10-7-9(20-4)5-6-11(10)16-12(14)18/h5-7,17H,1-4H3,(H,16,18)/t14-,21?/m1/s1. The molecule has 0 aromatic heterocycles. The monoisotopic (exact) mass is 307 g/mol. The molecule has 0 bridgehead atoms. The second kappa shape index (κ2) is 5.13. The van der Waals surface area contributed by atoms with Crippen molar-refractivity contribution in [3.05, 3.63) is 23.8 Å². The van der Waals surface area contributed by atoms with Crippen LogP contribution in [0.25, 0.3) is 0 Å². The summed E-state index contributed by atoms with van der Waals surface area (Å²) in [6.07, 6.45) is 0. The Bertz CT molecular complexity index is 660. The minimum Gasteiger partial charge on any atom is -0.497 e. The van der Waals surface area contributed by atoms with Crippen molar-refractivity contribution in [3.63, 3.8) is 0 Å². The van der Waals surface area contributed by atoms with Crippen LogP contribution in [0.15, 0.2) is 18.2 Å². The summed E-state index contributed by atoms with van der Waals surface area (Å²) >= 11 is 0. The zero-order chi connectivity index (χ0) is 15.8. The molecule has 1 aromatic carbocycles. The summed E-state index contributed by atoms with van der Waals surface area (Å²) < 4.78 is 19.5. The molecule has 2 N–H and O–H groups in total. The highest BCUT2D eigenvalue weighted by molar-refractivity contribution is 7.84. The minimum atomic E-state index is -1.68. The van der Waals surface area contributed by atoms with Crippen LogP contribution in [0.5, 0.6) is 5.75 Å². The van der Waals surface area contributed by atoms with E-state index in [0.717, 1.165) is 0 Å². The molecule has 0 fully saturated rings. The third-order valence-corrected chi connectivity index (χ3v) is 4.79. The third kappa shape index (κ3) is 2.52. The Morgan fingerprint density at radius 3 is 2.62 bits per heavy atom. The second-order valence-electron chi connectivity index (χ2n) is 5.71. The zero-order valence-corrected chi connectivity index (χ0v) is 13.1. The van der Waals surface area contributed by atoms with Crippen LogP contribution in [0.4, 0.5) is 5.69 Å². The van der Waals surface area contributed by atoms with Crippen LogP contribution in [0.3, 0.4) is 0 Å². The number of benzene rings is 1. The first kappa shape index (κ1) is 15.5. The summed E-state index contributed by atoms with van der Waals surface area (Å²) in [6.45, 7) is 5.29. The molecule has 112 valence electrons. The van der Waals surface area contributed by atoms with Crippen LogP contribution in [-0.4, -0.2) is 22.0 Å². The van der Waals surface area contributed by atoms with E-state index in [0.29, 0.717) is 17.0 Å². The number of rotatable bonds is 3. The number of ether oxygens (including phenoxy) is 1. The zero-order valence-electron chi connectivity index (χ0n) is 12.3. The fourth-order valence-electron chi connectivity index (χ4n) is 1.94. The first-order valence-electron chi connectivity index (χ1n) is 6.35. The molecule has 1 aliphatic heterocycles. The quantitative estimate of drug-likeness (QED) is 0.883. The highest BCUT2D eigenvalue weighted by Gasteiger charge is 2.50. The third-order valence-electron chi connectivity index (χ3n) is 3.19. The van der Waals surface area contributed by atoms with Gasteiger partial charge in [0.1, 0.15) is 11.8 Å². The lowest BCUT2D eigenvalue weighted by Gasteiger charge is -2.26. The van der Waals surface area contributed by atoms with Crippen molar-refractivity contribution in [2.45, 2.75) is 31.1 Å². The Labute approximate surface area is 126 Å². The molecule has 7 heteroatoms. The molecule has 2 atom stereocenters. The van der Waals surface area contributed by atoms with Gasteiger partial charge >= 0.3 is 0 Å². The molecule has 0 saturated carbocycles. The summed E-state index contributed by atoms with van der Waals surface area (Å²) in [5.41, 5.74) is -0.741. The number of nitrogens with zero attached hydrogens (tertiary/aromatic N) is 1. The molecular formula is C14H17N3O3S. The van der Waals surface area contributed by atoms with Crippen LogP contribution < -0.4 is 14.8 Å². The van der Waals surface area contributed by atoms with E-state index in [2.05, 4.69) is 10.0 Å². The Hall–Kier alpha value is -1.91. The fraction of sp³-hybridized carbons (Fsp3) is 0.429. The van der Waals surface area contributed by atoms with Gasteiger partial charge in [0.05, 0.1) is 22.8 Å². The summed E-state index contributed by atoms with van der Waals surface area (Å²) in [4.78, 5) is 12.3. The van der Waals surface area contributed by atoms with Gasteiger partial charge in [0.25, 0.3) is 5.91 Å². The van der Waals surface area contributed by atoms with E-state index in [-0.39, 0.29) is 0 Å². The van der Waals surface area contributed by atoms with Crippen LogP contribution in [-0.2, 0) is 21.3 Å². The van der Waals surface area contributed by atoms with E-state index in [1.807, 2.05) is 6.07 Å². The Morgan fingerprint density at radius 2 is 2.10 bits per heavy atom. The molecular weight excluding hydrogens is 290 g/mol. The lowest BCUT2D eigenvalue weighted by Crippen LogP contribution is -2.51. The number of carbonyl (C=O) groups excluding carboxylic acids is 1. The van der Waals surface area contributed by atoms with Gasteiger partial charge in [-0.15, -0.1) is 0 Å². The van der Waals surface area contributed by atoms with E-state index >= 15 is 0 Å². The number of carbonyl (C=O) groups is 1. The molecule has 0 radical (unpaired) electrons. The van der Waals surface area contributed by atoms with Gasteiger partial charge in [-0.1, -0.05) is 0 Å². The molecule has 0 aliphatic carbocycles. The number of amides is 1. The average Bonchev–Trinajstić information content (AvgIpc) is 2.70. The Balaban J connectivity index is 2.53. The van der Waals surface area contributed by atoms with Gasteiger partial charge in [0.2, 0.25) is 5.54 Å². The van der Waals surface area contributed by atoms with Crippen LogP contribution in [0.1, 0.15) is 26.3 Å². The number of nitrogens with one attached hydrogen (secondary N) is 2. The predicted octanol–water partition coefficient (Wildman–Crippen LogP) is 1.42. The first-order valence-corrected chi connectivity index (χ1v) is 7.50. The summed E-state index contributed by atoms with van der Waals surface area (Å²) in [5.74, 6) is -0.0148. The molecule has 1 unspecified atom stereocenters. The van der Waals surface area contributed by atoms with Crippen LogP contribution >= 0.6 is 0 Å². The molecule has 0 spiro atoms. The molecule has 0 saturated heterocycles. The Kier molecular flexibility index (Phi) is 3.78. The maximum absolute atomic E-state index is 12.3. The van der Waals surface area contributed by atoms with Gasteiger partial charge in [-0.25, -0.2) is 8.93 Å². The van der Waals surface area contributed by atoms with Gasteiger partial charge < -0.3 is 10.1 Å². The maximum atomic E-state index is 12.3. The molecule has 6 nitrogen and oxygen atoms in total. The molecule has 2 rings (SSSR count). The van der Waals surface area contributed by atoms with E-state index < -0.39 is 27.2 Å². The van der Waals surface area contributed by atoms with Crippen molar-refractivity contribution in [1.29, 1.82) is 5.26 Å². The predicted molar refractivity (Wildman–Crippen MR) is 79.9 cm³/mol. The van der Waals surface area contributed by atoms with Crippen molar-refractivity contribution < 1.29 is 13.7 Å². The summed E-state index contributed by atoms with van der Waals surface area (Å²) in [5, 5.41) is 12.2. The molecule has 1 aromatic rings. The van der Waals surface area contributed by atoms with Gasteiger partial charge in [0.15, 0.2) is 0 Å². The maximum Gasteiger partial charge on any atom is 0.265 e.